The number of benzene rings is 2. The van der Waals surface area contributed by atoms with E-state index in [4.69, 9.17) is 0 Å². The lowest BCUT2D eigenvalue weighted by atomic mass is 9.84. The highest BCUT2D eigenvalue weighted by molar-refractivity contribution is 9.10. The van der Waals surface area contributed by atoms with Gasteiger partial charge in [0, 0.05) is 23.2 Å². The molecule has 2 aromatic rings. The fourth-order valence-electron chi connectivity index (χ4n) is 2.85. The predicted octanol–water partition coefficient (Wildman–Crippen LogP) is 3.96. The number of nitrogens with one attached hydrogen (secondary N) is 1. The number of halogens is 1. The smallest absolute Gasteiger partial charge is 0.321 e. The van der Waals surface area contributed by atoms with E-state index in [0.717, 1.165) is 15.7 Å². The minimum atomic E-state index is -0.857. The van der Waals surface area contributed by atoms with Gasteiger partial charge in [-0.05, 0) is 42.7 Å². The Balaban J connectivity index is 1.61. The van der Waals surface area contributed by atoms with Crippen molar-refractivity contribution in [3.63, 3.8) is 0 Å². The highest BCUT2D eigenvalue weighted by atomic mass is 79.9. The van der Waals surface area contributed by atoms with Crippen LogP contribution in [0.4, 0.5) is 10.5 Å². The standard InChI is InChI=1S/C18H19BrN2O2/c19-15-8-6-14(7-9-15)18(23)10-12-21(13-11-18)17(22)20-16-4-2-1-3-5-16/h1-9,23H,10-13H2,(H,20,22). The van der Waals surface area contributed by atoms with Crippen LogP contribution in [-0.2, 0) is 5.60 Å². The first kappa shape index (κ1) is 16.0. The summed E-state index contributed by atoms with van der Waals surface area (Å²) < 4.78 is 0.990. The molecule has 0 aromatic heterocycles. The lowest BCUT2D eigenvalue weighted by molar-refractivity contribution is -0.0157. The van der Waals surface area contributed by atoms with Gasteiger partial charge in [0.25, 0.3) is 0 Å². The molecule has 2 aromatic carbocycles. The third-order valence-corrected chi connectivity index (χ3v) is 4.81. The minimum absolute atomic E-state index is 0.117. The van der Waals surface area contributed by atoms with Gasteiger partial charge in [-0.1, -0.05) is 46.3 Å². The Bertz CT molecular complexity index is 665. The van der Waals surface area contributed by atoms with Crippen molar-refractivity contribution in [1.82, 2.24) is 4.90 Å². The molecule has 1 saturated heterocycles. The molecule has 0 spiro atoms. The van der Waals surface area contributed by atoms with E-state index < -0.39 is 5.60 Å². The molecule has 5 heteroatoms. The minimum Gasteiger partial charge on any atom is -0.385 e. The number of carbonyl (C=O) groups is 1. The van der Waals surface area contributed by atoms with Crippen molar-refractivity contribution >= 4 is 27.6 Å². The van der Waals surface area contributed by atoms with Gasteiger partial charge < -0.3 is 15.3 Å². The van der Waals surface area contributed by atoms with Crippen molar-refractivity contribution in [3.05, 3.63) is 64.6 Å². The van der Waals surface area contributed by atoms with Gasteiger partial charge in [0.2, 0.25) is 0 Å². The number of urea groups is 1. The van der Waals surface area contributed by atoms with Gasteiger partial charge in [0.05, 0.1) is 5.60 Å². The molecule has 0 aliphatic carbocycles. The fraction of sp³-hybridized carbons (Fsp3) is 0.278. The Hall–Kier alpha value is -1.85. The molecule has 120 valence electrons. The average Bonchev–Trinajstić information content (AvgIpc) is 2.57. The number of aliphatic hydroxyl groups is 1. The summed E-state index contributed by atoms with van der Waals surface area (Å²) in [6.45, 7) is 1.07. The summed E-state index contributed by atoms with van der Waals surface area (Å²) in [4.78, 5) is 14.0. The zero-order chi connectivity index (χ0) is 16.3. The van der Waals surface area contributed by atoms with Crippen LogP contribution in [0.25, 0.3) is 0 Å². The quantitative estimate of drug-likeness (QED) is 0.835. The zero-order valence-electron chi connectivity index (χ0n) is 12.7. The largest absolute Gasteiger partial charge is 0.385 e. The molecule has 1 aliphatic heterocycles. The number of amides is 2. The number of nitrogens with zero attached hydrogens (tertiary/aromatic N) is 1. The van der Waals surface area contributed by atoms with Crippen LogP contribution in [-0.4, -0.2) is 29.1 Å². The maximum atomic E-state index is 12.3. The summed E-state index contributed by atoms with van der Waals surface area (Å²) in [7, 11) is 0. The average molecular weight is 375 g/mol. The number of carbonyl (C=O) groups excluding carboxylic acids is 1. The first-order valence-corrected chi connectivity index (χ1v) is 8.45. The van der Waals surface area contributed by atoms with Crippen LogP contribution in [0.1, 0.15) is 18.4 Å². The molecule has 1 heterocycles. The summed E-state index contributed by atoms with van der Waals surface area (Å²) in [5, 5.41) is 13.7. The van der Waals surface area contributed by atoms with Gasteiger partial charge in [-0.2, -0.15) is 0 Å². The van der Waals surface area contributed by atoms with Crippen LogP contribution in [0.15, 0.2) is 59.1 Å². The second kappa shape index (κ2) is 6.72. The van der Waals surface area contributed by atoms with E-state index >= 15 is 0 Å². The van der Waals surface area contributed by atoms with Crippen LogP contribution in [0.2, 0.25) is 0 Å². The first-order chi connectivity index (χ1) is 11.1. The van der Waals surface area contributed by atoms with Gasteiger partial charge in [-0.25, -0.2) is 4.79 Å². The molecule has 0 bridgehead atoms. The Morgan fingerprint density at radius 2 is 1.65 bits per heavy atom. The Morgan fingerprint density at radius 3 is 2.26 bits per heavy atom. The normalized spacial score (nSPS) is 16.9. The summed E-state index contributed by atoms with van der Waals surface area (Å²) in [5.74, 6) is 0. The van der Waals surface area contributed by atoms with Crippen molar-refractivity contribution < 1.29 is 9.90 Å². The number of anilines is 1. The van der Waals surface area contributed by atoms with Gasteiger partial charge in [-0.15, -0.1) is 0 Å². The predicted molar refractivity (Wildman–Crippen MR) is 94.3 cm³/mol. The molecule has 0 atom stereocenters. The van der Waals surface area contributed by atoms with Crippen molar-refractivity contribution in [2.75, 3.05) is 18.4 Å². The molecule has 1 fully saturated rings. The van der Waals surface area contributed by atoms with Crippen LogP contribution in [0, 0.1) is 0 Å². The number of likely N-dealkylation sites (tertiary alicyclic amines) is 1. The van der Waals surface area contributed by atoms with E-state index in [1.807, 2.05) is 54.6 Å². The second-order valence-corrected chi connectivity index (χ2v) is 6.74. The number of hydrogen-bond donors (Lipinski definition) is 2. The topological polar surface area (TPSA) is 52.6 Å². The van der Waals surface area contributed by atoms with Crippen molar-refractivity contribution in [2.24, 2.45) is 0 Å². The number of piperidine rings is 1. The Kier molecular flexibility index (Phi) is 4.68. The molecule has 0 radical (unpaired) electrons. The van der Waals surface area contributed by atoms with Gasteiger partial charge in [0.1, 0.15) is 0 Å². The van der Waals surface area contributed by atoms with E-state index in [-0.39, 0.29) is 6.03 Å². The van der Waals surface area contributed by atoms with Crippen LogP contribution >= 0.6 is 15.9 Å². The van der Waals surface area contributed by atoms with Crippen LogP contribution in [0.5, 0.6) is 0 Å². The molecule has 23 heavy (non-hydrogen) atoms. The Morgan fingerprint density at radius 1 is 1.04 bits per heavy atom. The SMILES string of the molecule is O=C(Nc1ccccc1)N1CCC(O)(c2ccc(Br)cc2)CC1. The monoisotopic (exact) mass is 374 g/mol. The van der Waals surface area contributed by atoms with E-state index in [1.54, 1.807) is 4.90 Å². The zero-order valence-corrected chi connectivity index (χ0v) is 14.3. The third-order valence-electron chi connectivity index (χ3n) is 4.28. The second-order valence-electron chi connectivity index (χ2n) is 5.82. The van der Waals surface area contributed by atoms with E-state index in [1.165, 1.54) is 0 Å². The summed E-state index contributed by atoms with van der Waals surface area (Å²) in [6.07, 6.45) is 1.08. The molecule has 2 N–H and O–H groups in total. The lowest BCUT2D eigenvalue weighted by Crippen LogP contribution is -2.46. The van der Waals surface area contributed by atoms with Crippen LogP contribution in [0.3, 0.4) is 0 Å². The molecule has 2 amide bonds. The van der Waals surface area contributed by atoms with Gasteiger partial charge >= 0.3 is 6.03 Å². The van der Waals surface area contributed by atoms with Crippen molar-refractivity contribution in [3.8, 4) is 0 Å². The molecule has 4 nitrogen and oxygen atoms in total. The van der Waals surface area contributed by atoms with Crippen molar-refractivity contribution in [2.45, 2.75) is 18.4 Å². The summed E-state index contributed by atoms with van der Waals surface area (Å²) in [6, 6.07) is 17.0. The molecule has 3 rings (SSSR count). The molecule has 0 unspecified atom stereocenters. The maximum absolute atomic E-state index is 12.3. The number of rotatable bonds is 2. The van der Waals surface area contributed by atoms with Crippen LogP contribution < -0.4 is 5.32 Å². The third kappa shape index (κ3) is 3.74. The van der Waals surface area contributed by atoms with E-state index in [9.17, 15) is 9.90 Å². The molecular weight excluding hydrogens is 356 g/mol. The highest BCUT2D eigenvalue weighted by Crippen LogP contribution is 2.33. The summed E-state index contributed by atoms with van der Waals surface area (Å²) >= 11 is 3.40. The van der Waals surface area contributed by atoms with Gasteiger partial charge in [0.15, 0.2) is 0 Å². The first-order valence-electron chi connectivity index (χ1n) is 7.66. The Labute approximate surface area is 144 Å². The number of para-hydroxylation sites is 1. The fourth-order valence-corrected chi connectivity index (χ4v) is 3.12. The molecule has 0 saturated carbocycles. The maximum Gasteiger partial charge on any atom is 0.321 e. The highest BCUT2D eigenvalue weighted by Gasteiger charge is 2.35. The van der Waals surface area contributed by atoms with E-state index in [0.29, 0.717) is 25.9 Å². The van der Waals surface area contributed by atoms with Crippen molar-refractivity contribution in [1.29, 1.82) is 0 Å². The van der Waals surface area contributed by atoms with E-state index in [2.05, 4.69) is 21.2 Å². The lowest BCUT2D eigenvalue weighted by Gasteiger charge is -2.38. The molecule has 1 aliphatic rings. The summed E-state index contributed by atoms with van der Waals surface area (Å²) in [5.41, 5.74) is 0.833. The van der Waals surface area contributed by atoms with Gasteiger partial charge in [-0.3, -0.25) is 0 Å². The molecular formula is C18H19BrN2O2. The number of hydrogen-bond acceptors (Lipinski definition) is 2.